The summed E-state index contributed by atoms with van der Waals surface area (Å²) >= 11 is 8.19. The van der Waals surface area contributed by atoms with Crippen molar-refractivity contribution in [3.63, 3.8) is 0 Å². The first-order valence-corrected chi connectivity index (χ1v) is 6.60. The Labute approximate surface area is 118 Å². The highest BCUT2D eigenvalue weighted by Crippen LogP contribution is 2.23. The zero-order valence-electron chi connectivity index (χ0n) is 9.50. The van der Waals surface area contributed by atoms with Crippen LogP contribution in [0.1, 0.15) is 11.1 Å². The Kier molecular flexibility index (Phi) is 3.58. The van der Waals surface area contributed by atoms with Crippen molar-refractivity contribution in [3.05, 3.63) is 60.5 Å². The van der Waals surface area contributed by atoms with Gasteiger partial charge in [0.2, 0.25) is 0 Å². The number of halogens is 2. The summed E-state index contributed by atoms with van der Waals surface area (Å²) in [7, 11) is 0. The second-order valence-corrected chi connectivity index (χ2v) is 5.63. The highest BCUT2D eigenvalue weighted by atomic mass is 127. The molecule has 0 fully saturated rings. The molecule has 0 saturated heterocycles. The summed E-state index contributed by atoms with van der Waals surface area (Å²) in [4.78, 5) is 11.9. The number of rotatable bonds is 1. The van der Waals surface area contributed by atoms with Crippen LogP contribution in [0.2, 0.25) is 5.02 Å². The number of pyridine rings is 1. The van der Waals surface area contributed by atoms with Gasteiger partial charge in [-0.1, -0.05) is 11.6 Å². The summed E-state index contributed by atoms with van der Waals surface area (Å²) in [6.07, 6.45) is 1.84. The predicted octanol–water partition coefficient (Wildman–Crippen LogP) is 3.71. The summed E-state index contributed by atoms with van der Waals surface area (Å²) in [6, 6.07) is 7.13. The maximum absolute atomic E-state index is 11.9. The average molecular weight is 360 g/mol. The molecule has 17 heavy (non-hydrogen) atoms. The van der Waals surface area contributed by atoms with Crippen LogP contribution in [-0.2, 0) is 0 Å². The van der Waals surface area contributed by atoms with E-state index in [9.17, 15) is 4.79 Å². The molecule has 0 radical (unpaired) electrons. The molecule has 1 heterocycles. The van der Waals surface area contributed by atoms with Gasteiger partial charge in [-0.15, -0.1) is 0 Å². The Morgan fingerprint density at radius 3 is 2.35 bits per heavy atom. The van der Waals surface area contributed by atoms with Crippen LogP contribution in [0.25, 0.3) is 5.69 Å². The van der Waals surface area contributed by atoms with E-state index >= 15 is 0 Å². The maximum Gasteiger partial charge on any atom is 0.255 e. The lowest BCUT2D eigenvalue weighted by Crippen LogP contribution is -2.18. The van der Waals surface area contributed by atoms with Gasteiger partial charge in [-0.25, -0.2) is 0 Å². The third-order valence-corrected chi connectivity index (χ3v) is 3.43. The molecule has 0 bridgehead atoms. The van der Waals surface area contributed by atoms with Crippen LogP contribution in [0.5, 0.6) is 0 Å². The van der Waals surface area contributed by atoms with E-state index < -0.39 is 0 Å². The van der Waals surface area contributed by atoms with Crippen molar-refractivity contribution in [3.8, 4) is 5.69 Å². The predicted molar refractivity (Wildman–Crippen MR) is 79.2 cm³/mol. The van der Waals surface area contributed by atoms with Crippen molar-refractivity contribution >= 4 is 34.2 Å². The smallest absolute Gasteiger partial charge is 0.255 e. The Morgan fingerprint density at radius 1 is 1.18 bits per heavy atom. The monoisotopic (exact) mass is 359 g/mol. The van der Waals surface area contributed by atoms with Crippen molar-refractivity contribution in [2.75, 3.05) is 0 Å². The molecule has 0 spiro atoms. The topological polar surface area (TPSA) is 22.0 Å². The van der Waals surface area contributed by atoms with E-state index in [2.05, 4.69) is 22.6 Å². The van der Waals surface area contributed by atoms with E-state index in [0.29, 0.717) is 5.02 Å². The Balaban J connectivity index is 2.77. The molecule has 1 aromatic carbocycles. The van der Waals surface area contributed by atoms with Gasteiger partial charge in [-0.05, 0) is 65.8 Å². The minimum absolute atomic E-state index is 0.0288. The van der Waals surface area contributed by atoms with Gasteiger partial charge in [0.05, 0.1) is 5.69 Å². The van der Waals surface area contributed by atoms with Crippen molar-refractivity contribution < 1.29 is 0 Å². The zero-order chi connectivity index (χ0) is 12.6. The number of hydrogen-bond donors (Lipinski definition) is 0. The van der Waals surface area contributed by atoms with Gasteiger partial charge < -0.3 is 0 Å². The summed E-state index contributed by atoms with van der Waals surface area (Å²) in [5, 5.41) is 0.697. The molecule has 4 heteroatoms. The van der Waals surface area contributed by atoms with Crippen LogP contribution in [-0.4, -0.2) is 4.57 Å². The molecule has 88 valence electrons. The van der Waals surface area contributed by atoms with Gasteiger partial charge in [0.15, 0.2) is 0 Å². The highest BCUT2D eigenvalue weighted by Gasteiger charge is 2.08. The van der Waals surface area contributed by atoms with Gasteiger partial charge in [0.25, 0.3) is 5.56 Å². The van der Waals surface area contributed by atoms with Crippen LogP contribution in [0, 0.1) is 17.4 Å². The minimum Gasteiger partial charge on any atom is -0.283 e. The first-order chi connectivity index (χ1) is 7.99. The van der Waals surface area contributed by atoms with E-state index in [1.54, 1.807) is 16.7 Å². The minimum atomic E-state index is -0.0288. The molecular formula is C13H11ClINO. The first kappa shape index (κ1) is 12.6. The highest BCUT2D eigenvalue weighted by molar-refractivity contribution is 14.1. The first-order valence-electron chi connectivity index (χ1n) is 5.14. The Hall–Kier alpha value is -0.810. The van der Waals surface area contributed by atoms with Crippen molar-refractivity contribution in [2.24, 2.45) is 0 Å². The standard InChI is InChI=1S/C13H11ClINO/c1-8-5-10(14)6-9(2)13(8)16-7-11(15)3-4-12(16)17/h3-7H,1-2H3. The van der Waals surface area contributed by atoms with Crippen molar-refractivity contribution in [1.29, 1.82) is 0 Å². The molecule has 0 aliphatic carbocycles. The van der Waals surface area contributed by atoms with Crippen LogP contribution < -0.4 is 5.56 Å². The van der Waals surface area contributed by atoms with E-state index in [1.165, 1.54) is 0 Å². The molecule has 0 amide bonds. The number of nitrogens with zero attached hydrogens (tertiary/aromatic N) is 1. The second-order valence-electron chi connectivity index (χ2n) is 3.94. The third-order valence-electron chi connectivity index (χ3n) is 2.57. The molecule has 1 aromatic heterocycles. The van der Waals surface area contributed by atoms with E-state index in [1.807, 2.05) is 32.2 Å². The molecule has 0 unspecified atom stereocenters. The SMILES string of the molecule is Cc1cc(Cl)cc(C)c1-n1cc(I)ccc1=O. The molecular weight excluding hydrogens is 349 g/mol. The lowest BCUT2D eigenvalue weighted by Gasteiger charge is -2.13. The number of benzene rings is 1. The zero-order valence-corrected chi connectivity index (χ0v) is 12.4. The van der Waals surface area contributed by atoms with Crippen LogP contribution in [0.3, 0.4) is 0 Å². The van der Waals surface area contributed by atoms with E-state index in [0.717, 1.165) is 20.4 Å². The number of hydrogen-bond acceptors (Lipinski definition) is 1. The Bertz CT molecular complexity index is 611. The third kappa shape index (κ3) is 2.55. The fraction of sp³-hybridized carbons (Fsp3) is 0.154. The maximum atomic E-state index is 11.9. The van der Waals surface area contributed by atoms with Crippen LogP contribution in [0.15, 0.2) is 35.3 Å². The molecule has 0 aliphatic rings. The lowest BCUT2D eigenvalue weighted by molar-refractivity contribution is 0.958. The van der Waals surface area contributed by atoms with Gasteiger partial charge in [-0.2, -0.15) is 0 Å². The molecule has 2 rings (SSSR count). The summed E-state index contributed by atoms with van der Waals surface area (Å²) in [6.45, 7) is 3.92. The summed E-state index contributed by atoms with van der Waals surface area (Å²) in [5.41, 5.74) is 2.88. The largest absolute Gasteiger partial charge is 0.283 e. The fourth-order valence-electron chi connectivity index (χ4n) is 1.92. The summed E-state index contributed by atoms with van der Waals surface area (Å²) < 4.78 is 2.69. The molecule has 0 aliphatic heterocycles. The van der Waals surface area contributed by atoms with Gasteiger partial charge in [-0.3, -0.25) is 9.36 Å². The van der Waals surface area contributed by atoms with E-state index in [-0.39, 0.29) is 5.56 Å². The average Bonchev–Trinajstić information content (AvgIpc) is 2.21. The number of aryl methyl sites for hydroxylation is 2. The molecule has 2 nitrogen and oxygen atoms in total. The van der Waals surface area contributed by atoms with Gasteiger partial charge >= 0.3 is 0 Å². The fourth-order valence-corrected chi connectivity index (χ4v) is 2.70. The van der Waals surface area contributed by atoms with Gasteiger partial charge in [0.1, 0.15) is 0 Å². The normalized spacial score (nSPS) is 10.6. The lowest BCUT2D eigenvalue weighted by atomic mass is 10.1. The van der Waals surface area contributed by atoms with E-state index in [4.69, 9.17) is 11.6 Å². The molecule has 0 N–H and O–H groups in total. The van der Waals surface area contributed by atoms with Crippen molar-refractivity contribution in [2.45, 2.75) is 13.8 Å². The van der Waals surface area contributed by atoms with Crippen LogP contribution >= 0.6 is 34.2 Å². The molecule has 0 saturated carbocycles. The molecule has 2 aromatic rings. The Morgan fingerprint density at radius 2 is 1.76 bits per heavy atom. The quantitative estimate of drug-likeness (QED) is 0.712. The van der Waals surface area contributed by atoms with Crippen molar-refractivity contribution in [1.82, 2.24) is 4.57 Å². The molecule has 0 atom stereocenters. The van der Waals surface area contributed by atoms with Crippen LogP contribution in [0.4, 0.5) is 0 Å². The summed E-state index contributed by atoms with van der Waals surface area (Å²) in [5.74, 6) is 0. The number of aromatic nitrogens is 1. The van der Waals surface area contributed by atoms with Gasteiger partial charge in [0, 0.05) is 20.9 Å². The second kappa shape index (κ2) is 4.82.